The molecule has 1 N–H and O–H groups in total. The van der Waals surface area contributed by atoms with Crippen molar-refractivity contribution in [1.82, 2.24) is 15.2 Å². The number of piperidine rings is 1. The minimum Gasteiger partial charge on any atom is -0.444 e. The van der Waals surface area contributed by atoms with Crippen LogP contribution in [0.5, 0.6) is 0 Å². The van der Waals surface area contributed by atoms with E-state index in [1.165, 1.54) is 23.4 Å². The van der Waals surface area contributed by atoms with Crippen LogP contribution in [0.25, 0.3) is 10.9 Å². The SMILES string of the molecule is C[C@H]1C[C@H](CNCc2ccc(N3CCN(C(=O)OC(C)(C)C)CC3)cc2)CN(c2ccc(C#N)c3ncccc23)C1. The zero-order chi connectivity index (χ0) is 29.0. The summed E-state index contributed by atoms with van der Waals surface area (Å²) < 4.78 is 5.52. The summed E-state index contributed by atoms with van der Waals surface area (Å²) in [6, 6.07) is 19.1. The lowest BCUT2D eigenvalue weighted by Gasteiger charge is -2.38. The van der Waals surface area contributed by atoms with Gasteiger partial charge in [0, 0.05) is 68.8 Å². The first-order valence-electron chi connectivity index (χ1n) is 14.8. The molecule has 0 radical (unpaired) electrons. The lowest BCUT2D eigenvalue weighted by molar-refractivity contribution is 0.0240. The topological polar surface area (TPSA) is 84.7 Å². The molecule has 1 aromatic heterocycles. The average Bonchev–Trinajstić information content (AvgIpc) is 2.96. The maximum absolute atomic E-state index is 12.4. The highest BCUT2D eigenvalue weighted by Gasteiger charge is 2.27. The number of benzene rings is 2. The number of nitriles is 1. The summed E-state index contributed by atoms with van der Waals surface area (Å²) in [5.41, 5.74) is 4.58. The number of hydrogen-bond acceptors (Lipinski definition) is 7. The summed E-state index contributed by atoms with van der Waals surface area (Å²) in [6.45, 7) is 14.8. The van der Waals surface area contributed by atoms with Crippen LogP contribution in [0, 0.1) is 23.2 Å². The van der Waals surface area contributed by atoms with E-state index in [0.29, 0.717) is 30.5 Å². The minimum atomic E-state index is -0.468. The molecule has 0 unspecified atom stereocenters. The lowest BCUT2D eigenvalue weighted by atomic mass is 9.89. The Labute approximate surface area is 243 Å². The molecule has 2 aliphatic rings. The standard InChI is InChI=1S/C33H42N6O2/c1-24-18-26(23-39(22-24)30-12-9-27(19-34)31-29(30)6-5-13-36-31)21-35-20-25-7-10-28(11-8-25)37-14-16-38(17-15-37)32(40)41-33(2,3)4/h5-13,24,26,35H,14-18,20-23H2,1-4H3/t24-,26+/m0/s1. The molecule has 2 atom stereocenters. The number of carbonyl (C=O) groups is 1. The van der Waals surface area contributed by atoms with Gasteiger partial charge in [0.05, 0.1) is 11.1 Å². The number of nitrogens with zero attached hydrogens (tertiary/aromatic N) is 5. The number of ether oxygens (including phenoxy) is 1. The molecule has 2 aromatic carbocycles. The second-order valence-electron chi connectivity index (χ2n) is 12.5. The van der Waals surface area contributed by atoms with E-state index in [1.54, 1.807) is 11.1 Å². The largest absolute Gasteiger partial charge is 0.444 e. The van der Waals surface area contributed by atoms with Gasteiger partial charge < -0.3 is 24.8 Å². The summed E-state index contributed by atoms with van der Waals surface area (Å²) in [5, 5.41) is 14.3. The maximum Gasteiger partial charge on any atom is 0.410 e. The molecule has 41 heavy (non-hydrogen) atoms. The molecule has 0 spiro atoms. The maximum atomic E-state index is 12.4. The van der Waals surface area contributed by atoms with Gasteiger partial charge in [-0.1, -0.05) is 19.1 Å². The van der Waals surface area contributed by atoms with Crippen LogP contribution in [-0.4, -0.2) is 67.4 Å². The summed E-state index contributed by atoms with van der Waals surface area (Å²) in [6.07, 6.45) is 2.73. The van der Waals surface area contributed by atoms with Crippen LogP contribution in [0.1, 0.15) is 45.2 Å². The van der Waals surface area contributed by atoms with E-state index < -0.39 is 5.60 Å². The third kappa shape index (κ3) is 7.09. The highest BCUT2D eigenvalue weighted by molar-refractivity contribution is 5.95. The summed E-state index contributed by atoms with van der Waals surface area (Å²) in [4.78, 5) is 23.5. The highest BCUT2D eigenvalue weighted by atomic mass is 16.6. The van der Waals surface area contributed by atoms with Crippen LogP contribution in [0.15, 0.2) is 54.7 Å². The Bertz CT molecular complexity index is 1390. The van der Waals surface area contributed by atoms with Crippen LogP contribution in [0.4, 0.5) is 16.2 Å². The van der Waals surface area contributed by atoms with Gasteiger partial charge in [-0.15, -0.1) is 0 Å². The number of hydrogen-bond donors (Lipinski definition) is 1. The number of amides is 1. The molecule has 5 rings (SSSR count). The van der Waals surface area contributed by atoms with Gasteiger partial charge in [-0.2, -0.15) is 5.26 Å². The number of piperazine rings is 1. The first-order chi connectivity index (χ1) is 19.7. The lowest BCUT2D eigenvalue weighted by Crippen LogP contribution is -2.50. The Morgan fingerprint density at radius 1 is 1.05 bits per heavy atom. The summed E-state index contributed by atoms with van der Waals surface area (Å²) in [5.74, 6) is 1.13. The Kier molecular flexibility index (Phi) is 8.65. The highest BCUT2D eigenvalue weighted by Crippen LogP contribution is 2.32. The minimum absolute atomic E-state index is 0.226. The van der Waals surface area contributed by atoms with Gasteiger partial charge in [-0.25, -0.2) is 4.79 Å². The van der Waals surface area contributed by atoms with E-state index in [0.717, 1.165) is 50.2 Å². The molecule has 216 valence electrons. The molecule has 0 aliphatic carbocycles. The molecule has 3 aromatic rings. The van der Waals surface area contributed by atoms with Crippen molar-refractivity contribution < 1.29 is 9.53 Å². The van der Waals surface area contributed by atoms with Crippen molar-refractivity contribution >= 4 is 28.4 Å². The van der Waals surface area contributed by atoms with Crippen LogP contribution >= 0.6 is 0 Å². The first kappa shape index (κ1) is 28.7. The van der Waals surface area contributed by atoms with Gasteiger partial charge in [-0.05, 0) is 87.5 Å². The van der Waals surface area contributed by atoms with E-state index >= 15 is 0 Å². The molecule has 0 bridgehead atoms. The van der Waals surface area contributed by atoms with Crippen molar-refractivity contribution in [3.63, 3.8) is 0 Å². The van der Waals surface area contributed by atoms with E-state index in [1.807, 2.05) is 32.9 Å². The molecule has 8 nitrogen and oxygen atoms in total. The Morgan fingerprint density at radius 2 is 1.80 bits per heavy atom. The van der Waals surface area contributed by atoms with Gasteiger partial charge >= 0.3 is 6.09 Å². The first-order valence-corrected chi connectivity index (χ1v) is 14.8. The van der Waals surface area contributed by atoms with Crippen molar-refractivity contribution in [2.24, 2.45) is 11.8 Å². The van der Waals surface area contributed by atoms with Crippen molar-refractivity contribution in [3.05, 3.63) is 65.9 Å². The molecular formula is C33H42N6O2. The van der Waals surface area contributed by atoms with Gasteiger partial charge in [-0.3, -0.25) is 4.98 Å². The molecule has 8 heteroatoms. The molecular weight excluding hydrogens is 512 g/mol. The molecule has 2 fully saturated rings. The zero-order valence-electron chi connectivity index (χ0n) is 24.8. The summed E-state index contributed by atoms with van der Waals surface area (Å²) >= 11 is 0. The molecule has 2 saturated heterocycles. The van der Waals surface area contributed by atoms with Gasteiger partial charge in [0.15, 0.2) is 0 Å². The van der Waals surface area contributed by atoms with E-state index in [-0.39, 0.29) is 6.09 Å². The van der Waals surface area contributed by atoms with Crippen LogP contribution in [-0.2, 0) is 11.3 Å². The molecule has 1 amide bonds. The van der Waals surface area contributed by atoms with Crippen molar-refractivity contribution in [3.8, 4) is 6.07 Å². The second-order valence-corrected chi connectivity index (χ2v) is 12.5. The van der Waals surface area contributed by atoms with Gasteiger partial charge in [0.1, 0.15) is 11.7 Å². The van der Waals surface area contributed by atoms with Gasteiger partial charge in [0.2, 0.25) is 0 Å². The fourth-order valence-electron chi connectivity index (χ4n) is 6.07. The predicted octanol–water partition coefficient (Wildman–Crippen LogP) is 5.42. The Balaban J connectivity index is 1.12. The molecule has 2 aliphatic heterocycles. The molecule has 3 heterocycles. The number of pyridine rings is 1. The number of fused-ring (bicyclic) bond motifs is 1. The molecule has 0 saturated carbocycles. The zero-order valence-corrected chi connectivity index (χ0v) is 24.8. The number of aromatic nitrogens is 1. The number of rotatable bonds is 6. The normalized spacial score (nSPS) is 19.7. The van der Waals surface area contributed by atoms with Crippen molar-refractivity contribution in [2.75, 3.05) is 55.6 Å². The average molecular weight is 555 g/mol. The van der Waals surface area contributed by atoms with Crippen molar-refractivity contribution in [2.45, 2.75) is 46.3 Å². The summed E-state index contributed by atoms with van der Waals surface area (Å²) in [7, 11) is 0. The number of anilines is 2. The van der Waals surface area contributed by atoms with Crippen LogP contribution in [0.2, 0.25) is 0 Å². The number of carbonyl (C=O) groups excluding carboxylic acids is 1. The van der Waals surface area contributed by atoms with E-state index in [2.05, 4.69) is 69.5 Å². The monoisotopic (exact) mass is 554 g/mol. The fourth-order valence-corrected chi connectivity index (χ4v) is 6.07. The predicted molar refractivity (Wildman–Crippen MR) is 164 cm³/mol. The Hall–Kier alpha value is -3.83. The smallest absolute Gasteiger partial charge is 0.410 e. The van der Waals surface area contributed by atoms with Crippen LogP contribution < -0.4 is 15.1 Å². The third-order valence-electron chi connectivity index (χ3n) is 7.95. The van der Waals surface area contributed by atoms with Crippen molar-refractivity contribution in [1.29, 1.82) is 5.26 Å². The quantitative estimate of drug-likeness (QED) is 0.436. The second kappa shape index (κ2) is 12.4. The van der Waals surface area contributed by atoms with Crippen LogP contribution in [0.3, 0.4) is 0 Å². The van der Waals surface area contributed by atoms with E-state index in [4.69, 9.17) is 4.74 Å². The number of nitrogens with one attached hydrogen (secondary N) is 1. The van der Waals surface area contributed by atoms with E-state index in [9.17, 15) is 10.1 Å². The van der Waals surface area contributed by atoms with Gasteiger partial charge in [0.25, 0.3) is 0 Å². The fraction of sp³-hybridized carbons (Fsp3) is 0.485. The third-order valence-corrected chi connectivity index (χ3v) is 7.95. The Morgan fingerprint density at radius 3 is 2.51 bits per heavy atom.